The maximum absolute atomic E-state index is 15.6. The minimum Gasteiger partial charge on any atom is -0.477 e. The summed E-state index contributed by atoms with van der Waals surface area (Å²) in [5.74, 6) is -7.23. The zero-order chi connectivity index (χ0) is 54.2. The van der Waals surface area contributed by atoms with Crippen molar-refractivity contribution in [2.75, 3.05) is 39.5 Å². The van der Waals surface area contributed by atoms with E-state index in [9.17, 15) is 54.2 Å². The Balaban J connectivity index is 2.63. The summed E-state index contributed by atoms with van der Waals surface area (Å²) in [7, 11) is -4.71. The Morgan fingerprint density at radius 3 is 1.52 bits per heavy atom. The van der Waals surface area contributed by atoms with Gasteiger partial charge in [0.1, 0.15) is 36.0 Å². The molecule has 17 nitrogen and oxygen atoms in total. The number of ketones is 2. The fourth-order valence-corrected chi connectivity index (χ4v) is 10.1. The fraction of sp³-hybridized carbons (Fsp3) is 0.926. The second-order valence-electron chi connectivity index (χ2n) is 20.4. The van der Waals surface area contributed by atoms with Gasteiger partial charge in [0, 0.05) is 45.2 Å². The molecule has 0 aromatic heterocycles. The van der Waals surface area contributed by atoms with E-state index in [1.165, 1.54) is 141 Å². The summed E-state index contributed by atoms with van der Waals surface area (Å²) in [6, 6.07) is -1.73. The highest BCUT2D eigenvalue weighted by Crippen LogP contribution is 2.44. The van der Waals surface area contributed by atoms with Gasteiger partial charge in [-0.15, -0.1) is 0 Å². The molecule has 1 fully saturated rings. The summed E-state index contributed by atoms with van der Waals surface area (Å²) in [5, 5.41) is 55.5. The van der Waals surface area contributed by atoms with Crippen LogP contribution in [0.3, 0.4) is 0 Å². The summed E-state index contributed by atoms with van der Waals surface area (Å²) in [4.78, 5) is 61.2. The van der Waals surface area contributed by atoms with E-state index in [2.05, 4.69) is 24.5 Å². The van der Waals surface area contributed by atoms with Crippen molar-refractivity contribution < 1.29 is 77.1 Å². The first-order valence-electron chi connectivity index (χ1n) is 28.5. The molecule has 1 rings (SSSR count). The number of carboxylic acids is 1. The molecule has 1 aliphatic heterocycles. The van der Waals surface area contributed by atoms with Crippen LogP contribution in [0.5, 0.6) is 0 Å². The van der Waals surface area contributed by atoms with Gasteiger partial charge in [-0.3, -0.25) is 23.4 Å². The lowest BCUT2D eigenvalue weighted by Crippen LogP contribution is -2.73. The number of alkyl halides is 1. The van der Waals surface area contributed by atoms with Crippen LogP contribution in [0.2, 0.25) is 0 Å². The van der Waals surface area contributed by atoms with Crippen molar-refractivity contribution in [2.45, 2.75) is 275 Å². The average molecular weight is 1070 g/mol. The number of carboxylic acid groups (broad SMARTS) is 1. The zero-order valence-corrected chi connectivity index (χ0v) is 46.2. The van der Waals surface area contributed by atoms with Crippen LogP contribution < -0.4 is 10.6 Å². The van der Waals surface area contributed by atoms with E-state index in [-0.39, 0.29) is 37.5 Å². The first-order chi connectivity index (χ1) is 35.1. The molecular weight excluding hydrogens is 967 g/mol. The van der Waals surface area contributed by atoms with Gasteiger partial charge in [-0.05, 0) is 12.8 Å². The Hall–Kier alpha value is -1.96. The van der Waals surface area contributed by atoms with Crippen molar-refractivity contribution in [3.63, 3.8) is 0 Å². The molecule has 0 aliphatic carbocycles. The molecule has 73 heavy (non-hydrogen) atoms. The smallest absolute Gasteiger partial charge is 0.472 e. The topological polar surface area (TPSA) is 268 Å². The van der Waals surface area contributed by atoms with E-state index in [4.69, 9.17) is 18.5 Å². The molecule has 0 bridgehead atoms. The highest BCUT2D eigenvalue weighted by atomic mass is 31.2. The van der Waals surface area contributed by atoms with E-state index < -0.39 is 94.5 Å². The van der Waals surface area contributed by atoms with E-state index in [1.54, 1.807) is 0 Å². The maximum Gasteiger partial charge on any atom is 0.472 e. The molecule has 8 N–H and O–H groups in total. The number of phosphoric acid groups is 1. The normalized spacial score (nSPS) is 21.1. The van der Waals surface area contributed by atoms with E-state index in [0.29, 0.717) is 12.8 Å². The van der Waals surface area contributed by atoms with E-state index in [1.807, 2.05) is 0 Å². The summed E-state index contributed by atoms with van der Waals surface area (Å²) in [6.07, 6.45) is 25.4. The number of ether oxygens (including phenoxy) is 2. The summed E-state index contributed by atoms with van der Waals surface area (Å²) < 4.78 is 49.4. The lowest BCUT2D eigenvalue weighted by molar-refractivity contribution is -0.335. The van der Waals surface area contributed by atoms with Crippen LogP contribution >= 0.6 is 7.82 Å². The molecule has 1 aliphatic rings. The van der Waals surface area contributed by atoms with Gasteiger partial charge in [-0.25, -0.2) is 13.8 Å². The largest absolute Gasteiger partial charge is 0.477 e. The quantitative estimate of drug-likeness (QED) is 0.0208. The standard InChI is InChI=1S/C54H102FN2O15P/c1-4-6-8-10-12-14-16-18-20-22-24-26-28-30-32-34-45(60)40-44(46(61)35-33-31-29-27-25-23-21-19-17-15-13-11-9-7-5-2)42-71-73(67,68)70-39-37-56-36-38-69-54(53(65)66)52(55)50(64)48(57-43(3)59)51(72-54)49(63)47(62)41-58/h44,47-52,56,58,62-64H,4-42H2,1-3H3,(H,57,59)(H,65,66)(H,67,68)/t44-,47+,48+,49+,50+,51+,52-,54+/m0/s1. The number of hydrogen-bond acceptors (Lipinski definition) is 14. The number of hydrogen-bond donors (Lipinski definition) is 8. The third kappa shape index (κ3) is 31.8. The Morgan fingerprint density at radius 1 is 0.671 bits per heavy atom. The zero-order valence-electron chi connectivity index (χ0n) is 45.3. The number of phosphoric ester groups is 1. The van der Waals surface area contributed by atoms with Crippen molar-refractivity contribution >= 4 is 31.3 Å². The summed E-state index contributed by atoms with van der Waals surface area (Å²) in [5.41, 5.74) is 0. The number of aliphatic hydroxyl groups is 4. The first kappa shape index (κ1) is 69.1. The molecule has 1 unspecified atom stereocenters. The number of carbonyl (C=O) groups excluding carboxylic acids is 3. The number of Topliss-reactive ketones (excluding diaryl/α,β-unsaturated/α-hetero) is 2. The number of rotatable bonds is 51. The summed E-state index contributed by atoms with van der Waals surface area (Å²) in [6.45, 7) is 2.70. The van der Waals surface area contributed by atoms with Gasteiger partial charge in [-0.2, -0.15) is 0 Å². The van der Waals surface area contributed by atoms with Crippen LogP contribution in [0.1, 0.15) is 233 Å². The molecule has 0 spiro atoms. The number of carbonyl (C=O) groups is 4. The highest BCUT2D eigenvalue weighted by molar-refractivity contribution is 7.47. The first-order valence-corrected chi connectivity index (χ1v) is 30.0. The van der Waals surface area contributed by atoms with E-state index >= 15 is 4.39 Å². The molecule has 9 atom stereocenters. The molecule has 0 aromatic carbocycles. The molecule has 0 aromatic rings. The lowest BCUT2D eigenvalue weighted by Gasteiger charge is -2.48. The molecule has 0 radical (unpaired) electrons. The number of aliphatic hydroxyl groups excluding tert-OH is 4. The fourth-order valence-electron chi connectivity index (χ4n) is 9.36. The third-order valence-electron chi connectivity index (χ3n) is 13.9. The second kappa shape index (κ2) is 43.1. The van der Waals surface area contributed by atoms with Crippen molar-refractivity contribution in [1.29, 1.82) is 0 Å². The Bertz CT molecular complexity index is 1480. The number of nitrogens with one attached hydrogen (secondary N) is 2. The van der Waals surface area contributed by atoms with Gasteiger partial charge in [0.25, 0.3) is 0 Å². The monoisotopic (exact) mass is 1070 g/mol. The Labute approximate surface area is 438 Å². The predicted octanol–water partition coefficient (Wildman–Crippen LogP) is 9.49. The number of halogens is 1. The van der Waals surface area contributed by atoms with Gasteiger partial charge < -0.3 is 50.5 Å². The van der Waals surface area contributed by atoms with Gasteiger partial charge in [-0.1, -0.05) is 194 Å². The Kier molecular flexibility index (Phi) is 40.7. The lowest BCUT2D eigenvalue weighted by atomic mass is 9.87. The highest BCUT2D eigenvalue weighted by Gasteiger charge is 2.63. The molecule has 0 saturated carbocycles. The van der Waals surface area contributed by atoms with Crippen molar-refractivity contribution in [3.8, 4) is 0 Å². The molecule has 19 heteroatoms. The molecular formula is C54H102FN2O15P. The predicted molar refractivity (Wildman–Crippen MR) is 281 cm³/mol. The molecule has 1 saturated heterocycles. The summed E-state index contributed by atoms with van der Waals surface area (Å²) >= 11 is 0. The second-order valence-corrected chi connectivity index (χ2v) is 21.9. The van der Waals surface area contributed by atoms with Crippen LogP contribution in [-0.4, -0.2) is 136 Å². The van der Waals surface area contributed by atoms with Crippen LogP contribution in [0.25, 0.3) is 0 Å². The third-order valence-corrected chi connectivity index (χ3v) is 14.8. The number of unbranched alkanes of at least 4 members (excludes halogenated alkanes) is 28. The van der Waals surface area contributed by atoms with Crippen LogP contribution in [-0.2, 0) is 42.3 Å². The van der Waals surface area contributed by atoms with E-state index in [0.717, 1.165) is 51.9 Å². The maximum atomic E-state index is 15.6. The van der Waals surface area contributed by atoms with Crippen molar-refractivity contribution in [2.24, 2.45) is 5.92 Å². The van der Waals surface area contributed by atoms with Crippen molar-refractivity contribution in [3.05, 3.63) is 0 Å². The van der Waals surface area contributed by atoms with Gasteiger partial charge in [0.05, 0.1) is 32.5 Å². The van der Waals surface area contributed by atoms with Crippen LogP contribution in [0, 0.1) is 5.92 Å². The van der Waals surface area contributed by atoms with Crippen molar-refractivity contribution in [1.82, 2.24) is 10.6 Å². The Morgan fingerprint density at radius 2 is 1.10 bits per heavy atom. The minimum atomic E-state index is -4.71. The van der Waals surface area contributed by atoms with Crippen LogP contribution in [0.4, 0.5) is 4.39 Å². The SMILES string of the molecule is CCCCCCCCCCCCCCCCCC(=O)C[C@@H](COP(=O)(O)OCCNCCO[C@@]1(C(=O)O)O[C@@H]([C@H](O)[C@H](O)CO)[C@H](NC(C)=O)[C@@H](O)[C@@H]1F)C(=O)CCCCCCCCCCCCCCCCC. The van der Waals surface area contributed by atoms with Gasteiger partial charge in [0.2, 0.25) is 5.91 Å². The molecule has 430 valence electrons. The minimum absolute atomic E-state index is 0.0906. The van der Waals surface area contributed by atoms with Crippen LogP contribution in [0.15, 0.2) is 0 Å². The molecule has 1 heterocycles. The molecule has 1 amide bonds. The van der Waals surface area contributed by atoms with Gasteiger partial charge >= 0.3 is 19.6 Å². The van der Waals surface area contributed by atoms with Gasteiger partial charge in [0.15, 0.2) is 6.17 Å². The average Bonchev–Trinajstić information content (AvgIpc) is 3.36. The number of amides is 1. The number of aliphatic carboxylic acids is 1.